The van der Waals surface area contributed by atoms with Gasteiger partial charge in [-0.15, -0.1) is 0 Å². The van der Waals surface area contributed by atoms with Crippen molar-refractivity contribution in [3.05, 3.63) is 87.6 Å². The molecule has 0 fully saturated rings. The molecule has 2 aromatic carbocycles. The summed E-state index contributed by atoms with van der Waals surface area (Å²) in [5.74, 6) is 0. The fourth-order valence-electron chi connectivity index (χ4n) is 5.10. The molecule has 0 saturated carbocycles. The van der Waals surface area contributed by atoms with E-state index in [4.69, 9.17) is 0 Å². The normalized spacial score (nSPS) is 16.0. The highest BCUT2D eigenvalue weighted by Gasteiger charge is 2.38. The van der Waals surface area contributed by atoms with E-state index in [0.29, 0.717) is 0 Å². The minimum atomic E-state index is -1.75. The van der Waals surface area contributed by atoms with Gasteiger partial charge in [-0.05, 0) is 56.0 Å². The van der Waals surface area contributed by atoms with Crippen LogP contribution in [0.1, 0.15) is 48.4 Å². The van der Waals surface area contributed by atoms with Gasteiger partial charge in [-0.25, -0.2) is 0 Å². The van der Waals surface area contributed by atoms with Crippen LogP contribution in [0.15, 0.2) is 65.4 Å². The highest BCUT2D eigenvalue weighted by molar-refractivity contribution is 6.98. The van der Waals surface area contributed by atoms with E-state index in [-0.39, 0.29) is 0 Å². The second-order valence-electron chi connectivity index (χ2n) is 8.45. The van der Waals surface area contributed by atoms with Crippen LogP contribution in [-0.4, -0.2) is 8.07 Å². The first-order chi connectivity index (χ1) is 13.0. The van der Waals surface area contributed by atoms with Crippen LogP contribution >= 0.6 is 0 Å². The highest BCUT2D eigenvalue weighted by Crippen LogP contribution is 2.35. The summed E-state index contributed by atoms with van der Waals surface area (Å²) in [4.78, 5) is 0. The Morgan fingerprint density at radius 1 is 0.926 bits per heavy atom. The molecule has 0 aliphatic heterocycles. The molecule has 0 radical (unpaired) electrons. The maximum absolute atomic E-state index is 2.63. The summed E-state index contributed by atoms with van der Waals surface area (Å²) in [6.07, 6.45) is 9.82. The van der Waals surface area contributed by atoms with Crippen LogP contribution in [0.5, 0.6) is 0 Å². The lowest BCUT2D eigenvalue weighted by molar-refractivity contribution is 0.870. The Kier molecular flexibility index (Phi) is 6.21. The third kappa shape index (κ3) is 4.19. The predicted molar refractivity (Wildman–Crippen MR) is 123 cm³/mol. The highest BCUT2D eigenvalue weighted by atomic mass is 28.3. The molecule has 27 heavy (non-hydrogen) atoms. The molecular formula is C26H34Si. The van der Waals surface area contributed by atoms with Gasteiger partial charge in [0.15, 0.2) is 0 Å². The molecule has 2 aromatic rings. The van der Waals surface area contributed by atoms with Gasteiger partial charge in [-0.3, -0.25) is 0 Å². The van der Waals surface area contributed by atoms with E-state index in [1.165, 1.54) is 41.1 Å². The first-order valence-electron chi connectivity index (χ1n) is 10.5. The van der Waals surface area contributed by atoms with Crippen LogP contribution in [0.25, 0.3) is 0 Å². The first-order valence-corrected chi connectivity index (χ1v) is 13.2. The van der Waals surface area contributed by atoms with Crippen molar-refractivity contribution in [3.8, 4) is 0 Å². The number of unbranched alkanes of at least 4 members (excludes halogenated alkanes) is 1. The molecule has 0 heterocycles. The molecule has 142 valence electrons. The Hall–Kier alpha value is -1.86. The summed E-state index contributed by atoms with van der Waals surface area (Å²) in [7, 11) is -1.75. The van der Waals surface area contributed by atoms with Crippen molar-refractivity contribution < 1.29 is 0 Å². The Balaban J connectivity index is 2.03. The first kappa shape index (κ1) is 19.9. The number of rotatable bonds is 7. The van der Waals surface area contributed by atoms with Crippen LogP contribution in [0.3, 0.4) is 0 Å². The number of aryl methyl sites for hydroxylation is 3. The molecule has 1 heteroatoms. The monoisotopic (exact) mass is 374 g/mol. The molecule has 0 amide bonds. The van der Waals surface area contributed by atoms with Gasteiger partial charge in [0.1, 0.15) is 8.07 Å². The lowest BCUT2D eigenvalue weighted by Gasteiger charge is -2.35. The third-order valence-electron chi connectivity index (χ3n) is 6.12. The minimum absolute atomic E-state index is 1.07. The zero-order valence-corrected chi connectivity index (χ0v) is 18.7. The van der Waals surface area contributed by atoms with Crippen molar-refractivity contribution in [3.63, 3.8) is 0 Å². The standard InChI is InChI=1S/C26H34Si/c1-6-7-16-27(5,26-21(3)17-20(2)18-22(26)4)25-15-11-14-24(25)19-23-12-9-8-10-13-23/h8-10,12-15,17-18H,6-7,11,16,19H2,1-5H3. The molecule has 0 aromatic heterocycles. The van der Waals surface area contributed by atoms with E-state index >= 15 is 0 Å². The van der Waals surface area contributed by atoms with Crippen molar-refractivity contribution in [2.75, 3.05) is 0 Å². The topological polar surface area (TPSA) is 0 Å². The Bertz CT molecular complexity index is 834. The SMILES string of the molecule is CCCC[Si](C)(C1=CCC=C1Cc1ccccc1)c1c(C)cc(C)cc1C. The average Bonchev–Trinajstić information content (AvgIpc) is 3.09. The lowest BCUT2D eigenvalue weighted by Crippen LogP contribution is -2.50. The average molecular weight is 375 g/mol. The molecular weight excluding hydrogens is 340 g/mol. The fourth-order valence-corrected chi connectivity index (χ4v) is 10.3. The molecule has 0 N–H and O–H groups in total. The Morgan fingerprint density at radius 2 is 1.59 bits per heavy atom. The van der Waals surface area contributed by atoms with E-state index < -0.39 is 8.07 Å². The van der Waals surface area contributed by atoms with E-state index in [1.54, 1.807) is 16.0 Å². The van der Waals surface area contributed by atoms with Gasteiger partial charge < -0.3 is 0 Å². The maximum atomic E-state index is 2.63. The molecule has 3 rings (SSSR count). The number of allylic oxidation sites excluding steroid dienone is 4. The minimum Gasteiger partial charge on any atom is -0.0808 e. The van der Waals surface area contributed by atoms with Gasteiger partial charge in [-0.2, -0.15) is 0 Å². The summed E-state index contributed by atoms with van der Waals surface area (Å²) in [6.45, 7) is 11.9. The molecule has 1 atom stereocenters. The third-order valence-corrected chi connectivity index (χ3v) is 11.1. The summed E-state index contributed by atoms with van der Waals surface area (Å²) >= 11 is 0. The van der Waals surface area contributed by atoms with Crippen molar-refractivity contribution in [2.24, 2.45) is 0 Å². The van der Waals surface area contributed by atoms with E-state index in [2.05, 4.69) is 88.9 Å². The second kappa shape index (κ2) is 8.44. The van der Waals surface area contributed by atoms with E-state index in [0.717, 1.165) is 12.8 Å². The van der Waals surface area contributed by atoms with Gasteiger partial charge in [0.25, 0.3) is 0 Å². The van der Waals surface area contributed by atoms with Gasteiger partial charge in [-0.1, -0.05) is 103 Å². The Morgan fingerprint density at radius 3 is 2.22 bits per heavy atom. The smallest absolute Gasteiger partial charge is 0.0808 e. The van der Waals surface area contributed by atoms with Crippen LogP contribution in [-0.2, 0) is 6.42 Å². The number of hydrogen-bond acceptors (Lipinski definition) is 0. The lowest BCUT2D eigenvalue weighted by atomic mass is 10.1. The molecule has 1 unspecified atom stereocenters. The second-order valence-corrected chi connectivity index (χ2v) is 12.7. The van der Waals surface area contributed by atoms with E-state index in [9.17, 15) is 0 Å². The fraction of sp³-hybridized carbons (Fsp3) is 0.385. The number of hydrogen-bond donors (Lipinski definition) is 0. The molecule has 0 saturated heterocycles. The summed E-state index contributed by atoms with van der Waals surface area (Å²) in [6, 6.07) is 17.1. The van der Waals surface area contributed by atoms with Crippen LogP contribution in [0.4, 0.5) is 0 Å². The zero-order valence-electron chi connectivity index (χ0n) is 17.7. The summed E-state index contributed by atoms with van der Waals surface area (Å²) in [5, 5.41) is 3.39. The van der Waals surface area contributed by atoms with Crippen molar-refractivity contribution in [1.29, 1.82) is 0 Å². The molecule has 0 bridgehead atoms. The van der Waals surface area contributed by atoms with Crippen LogP contribution < -0.4 is 5.19 Å². The van der Waals surface area contributed by atoms with Crippen LogP contribution in [0, 0.1) is 20.8 Å². The molecule has 1 aliphatic rings. The zero-order chi connectivity index (χ0) is 19.4. The van der Waals surface area contributed by atoms with Crippen molar-refractivity contribution >= 4 is 13.3 Å². The molecule has 1 aliphatic carbocycles. The molecule has 0 nitrogen and oxygen atoms in total. The van der Waals surface area contributed by atoms with Crippen molar-refractivity contribution in [2.45, 2.75) is 66.0 Å². The predicted octanol–water partition coefficient (Wildman–Crippen LogP) is 6.74. The number of benzene rings is 2. The maximum Gasteiger partial charge on any atom is 0.115 e. The molecule has 0 spiro atoms. The van der Waals surface area contributed by atoms with Gasteiger partial charge in [0.2, 0.25) is 0 Å². The largest absolute Gasteiger partial charge is 0.115 e. The van der Waals surface area contributed by atoms with Crippen LogP contribution in [0.2, 0.25) is 12.6 Å². The van der Waals surface area contributed by atoms with Gasteiger partial charge in [0, 0.05) is 0 Å². The van der Waals surface area contributed by atoms with Gasteiger partial charge in [0.05, 0.1) is 0 Å². The quantitative estimate of drug-likeness (QED) is 0.471. The van der Waals surface area contributed by atoms with Gasteiger partial charge >= 0.3 is 0 Å². The Labute approximate surface area is 167 Å². The summed E-state index contributed by atoms with van der Waals surface area (Å²) < 4.78 is 0. The summed E-state index contributed by atoms with van der Waals surface area (Å²) in [5.41, 5.74) is 7.42. The van der Waals surface area contributed by atoms with Crippen molar-refractivity contribution in [1.82, 2.24) is 0 Å². The van der Waals surface area contributed by atoms with E-state index in [1.807, 2.05) is 0 Å².